The summed E-state index contributed by atoms with van der Waals surface area (Å²) in [6.45, 7) is 1.85. The number of pyridine rings is 1. The number of Topliss-reactive ketones (excluding diaryl/α,β-unsaturated/α-hetero) is 1. The molecule has 1 aromatic carbocycles. The van der Waals surface area contributed by atoms with Crippen LogP contribution < -0.4 is 0 Å². The number of esters is 1. The van der Waals surface area contributed by atoms with E-state index in [-0.39, 0.29) is 6.61 Å². The van der Waals surface area contributed by atoms with Crippen molar-refractivity contribution in [3.8, 4) is 0 Å². The molecule has 0 aliphatic heterocycles. The van der Waals surface area contributed by atoms with Gasteiger partial charge in [0.1, 0.15) is 5.65 Å². The minimum atomic E-state index is -0.829. The standard InChI is InChI=1S/C15H12N2O3/c1-2-20-15(19)13(18)9-5-6-12-11(8-9)10-4-3-7-16-14(10)17-12/h3-8H,2H2,1H3,(H,16,17). The lowest BCUT2D eigenvalue weighted by Gasteiger charge is -2.01. The van der Waals surface area contributed by atoms with Crippen LogP contribution in [-0.4, -0.2) is 28.3 Å². The maximum atomic E-state index is 11.9. The first-order valence-electron chi connectivity index (χ1n) is 6.28. The number of carbonyl (C=O) groups is 2. The maximum absolute atomic E-state index is 11.9. The summed E-state index contributed by atoms with van der Waals surface area (Å²) in [7, 11) is 0. The van der Waals surface area contributed by atoms with E-state index in [2.05, 4.69) is 9.97 Å². The van der Waals surface area contributed by atoms with Crippen molar-refractivity contribution in [3.05, 3.63) is 42.1 Å². The number of fused-ring (bicyclic) bond motifs is 3. The molecular weight excluding hydrogens is 256 g/mol. The van der Waals surface area contributed by atoms with E-state index in [4.69, 9.17) is 4.74 Å². The molecule has 0 radical (unpaired) electrons. The second-order valence-electron chi connectivity index (χ2n) is 4.33. The fourth-order valence-corrected chi connectivity index (χ4v) is 2.18. The molecule has 0 saturated heterocycles. The Morgan fingerprint density at radius 3 is 2.90 bits per heavy atom. The monoisotopic (exact) mass is 268 g/mol. The summed E-state index contributed by atoms with van der Waals surface area (Å²) in [5.41, 5.74) is 1.95. The van der Waals surface area contributed by atoms with Gasteiger partial charge in [-0.1, -0.05) is 0 Å². The van der Waals surface area contributed by atoms with E-state index < -0.39 is 11.8 Å². The van der Waals surface area contributed by atoms with Crippen molar-refractivity contribution in [2.24, 2.45) is 0 Å². The molecule has 5 nitrogen and oxygen atoms in total. The van der Waals surface area contributed by atoms with Gasteiger partial charge < -0.3 is 9.72 Å². The maximum Gasteiger partial charge on any atom is 0.379 e. The van der Waals surface area contributed by atoms with Gasteiger partial charge in [-0.3, -0.25) is 4.79 Å². The number of hydrogen-bond acceptors (Lipinski definition) is 4. The summed E-state index contributed by atoms with van der Waals surface area (Å²) in [6, 6.07) is 8.81. The van der Waals surface area contributed by atoms with Crippen LogP contribution in [0.4, 0.5) is 0 Å². The topological polar surface area (TPSA) is 72.1 Å². The SMILES string of the molecule is CCOC(=O)C(=O)c1ccc2[nH]c3ncccc3c2c1. The highest BCUT2D eigenvalue weighted by atomic mass is 16.5. The van der Waals surface area contributed by atoms with E-state index in [0.29, 0.717) is 5.56 Å². The summed E-state index contributed by atoms with van der Waals surface area (Å²) in [4.78, 5) is 30.8. The summed E-state index contributed by atoms with van der Waals surface area (Å²) in [5, 5.41) is 1.78. The minimum Gasteiger partial charge on any atom is -0.460 e. The first kappa shape index (κ1) is 12.3. The Kier molecular flexibility index (Phi) is 2.95. The minimum absolute atomic E-state index is 0.184. The number of aromatic amines is 1. The predicted molar refractivity (Wildman–Crippen MR) is 74.6 cm³/mol. The molecule has 1 N–H and O–H groups in total. The Morgan fingerprint density at radius 1 is 1.25 bits per heavy atom. The van der Waals surface area contributed by atoms with Crippen LogP contribution in [0, 0.1) is 0 Å². The summed E-state index contributed by atoms with van der Waals surface area (Å²) in [6.07, 6.45) is 1.70. The van der Waals surface area contributed by atoms with Gasteiger partial charge >= 0.3 is 5.97 Å². The average molecular weight is 268 g/mol. The third-order valence-corrected chi connectivity index (χ3v) is 3.09. The van der Waals surface area contributed by atoms with Gasteiger partial charge in [0, 0.05) is 28.0 Å². The summed E-state index contributed by atoms with van der Waals surface area (Å²) < 4.78 is 4.73. The average Bonchev–Trinajstić information content (AvgIpc) is 2.84. The third-order valence-electron chi connectivity index (χ3n) is 3.09. The number of ether oxygens (including phenoxy) is 1. The van der Waals surface area contributed by atoms with Crippen molar-refractivity contribution in [1.82, 2.24) is 9.97 Å². The highest BCUT2D eigenvalue weighted by Gasteiger charge is 2.18. The van der Waals surface area contributed by atoms with Crippen LogP contribution in [0.15, 0.2) is 36.5 Å². The van der Waals surface area contributed by atoms with Gasteiger partial charge in [-0.15, -0.1) is 0 Å². The predicted octanol–water partition coefficient (Wildman–Crippen LogP) is 2.46. The van der Waals surface area contributed by atoms with E-state index >= 15 is 0 Å². The molecule has 0 fully saturated rings. The van der Waals surface area contributed by atoms with Gasteiger partial charge in [0.25, 0.3) is 5.78 Å². The van der Waals surface area contributed by atoms with E-state index in [1.807, 2.05) is 12.1 Å². The zero-order valence-corrected chi connectivity index (χ0v) is 10.8. The molecule has 0 aliphatic carbocycles. The van der Waals surface area contributed by atoms with E-state index in [9.17, 15) is 9.59 Å². The second-order valence-corrected chi connectivity index (χ2v) is 4.33. The number of carbonyl (C=O) groups excluding carboxylic acids is 2. The Morgan fingerprint density at radius 2 is 2.10 bits per heavy atom. The van der Waals surface area contributed by atoms with Crippen molar-refractivity contribution in [2.45, 2.75) is 6.92 Å². The van der Waals surface area contributed by atoms with Crippen LogP contribution in [0.3, 0.4) is 0 Å². The van der Waals surface area contributed by atoms with E-state index in [1.54, 1.807) is 31.3 Å². The molecule has 100 valence electrons. The molecule has 0 aliphatic rings. The number of nitrogens with zero attached hydrogens (tertiary/aromatic N) is 1. The lowest BCUT2D eigenvalue weighted by molar-refractivity contribution is -0.137. The van der Waals surface area contributed by atoms with Gasteiger partial charge in [-0.25, -0.2) is 9.78 Å². The highest BCUT2D eigenvalue weighted by Crippen LogP contribution is 2.24. The fraction of sp³-hybridized carbons (Fsp3) is 0.133. The Balaban J connectivity index is 2.12. The van der Waals surface area contributed by atoms with E-state index in [0.717, 1.165) is 21.9 Å². The smallest absolute Gasteiger partial charge is 0.379 e. The van der Waals surface area contributed by atoms with E-state index in [1.165, 1.54) is 0 Å². The van der Waals surface area contributed by atoms with Crippen molar-refractivity contribution in [1.29, 1.82) is 0 Å². The molecule has 0 atom stereocenters. The lowest BCUT2D eigenvalue weighted by atomic mass is 10.1. The van der Waals surface area contributed by atoms with Gasteiger partial charge in [-0.05, 0) is 37.3 Å². The van der Waals surface area contributed by atoms with Crippen LogP contribution in [0.2, 0.25) is 0 Å². The molecule has 3 rings (SSSR count). The van der Waals surface area contributed by atoms with Crippen molar-refractivity contribution in [2.75, 3.05) is 6.61 Å². The molecule has 20 heavy (non-hydrogen) atoms. The van der Waals surface area contributed by atoms with Crippen LogP contribution in [0.5, 0.6) is 0 Å². The van der Waals surface area contributed by atoms with Gasteiger partial charge in [0.2, 0.25) is 0 Å². The van der Waals surface area contributed by atoms with Crippen LogP contribution in [0.1, 0.15) is 17.3 Å². The number of hydrogen-bond donors (Lipinski definition) is 1. The largest absolute Gasteiger partial charge is 0.460 e. The normalized spacial score (nSPS) is 10.8. The highest BCUT2D eigenvalue weighted by molar-refractivity contribution is 6.41. The molecular formula is C15H12N2O3. The number of benzene rings is 1. The molecule has 2 heterocycles. The fourth-order valence-electron chi connectivity index (χ4n) is 2.18. The number of nitrogens with one attached hydrogen (secondary N) is 1. The van der Waals surface area contributed by atoms with Crippen molar-refractivity contribution in [3.63, 3.8) is 0 Å². The molecule has 0 spiro atoms. The number of aromatic nitrogens is 2. The Hall–Kier alpha value is -2.69. The van der Waals surface area contributed by atoms with Crippen LogP contribution >= 0.6 is 0 Å². The number of rotatable bonds is 3. The molecule has 0 unspecified atom stereocenters. The second kappa shape index (κ2) is 4.77. The molecule has 0 saturated carbocycles. The summed E-state index contributed by atoms with van der Waals surface area (Å²) >= 11 is 0. The van der Waals surface area contributed by atoms with Gasteiger partial charge in [-0.2, -0.15) is 0 Å². The first-order valence-corrected chi connectivity index (χ1v) is 6.28. The summed E-state index contributed by atoms with van der Waals surface area (Å²) in [5.74, 6) is -1.46. The molecule has 0 bridgehead atoms. The van der Waals surface area contributed by atoms with Crippen LogP contribution in [-0.2, 0) is 9.53 Å². The van der Waals surface area contributed by atoms with Crippen molar-refractivity contribution < 1.29 is 14.3 Å². The first-order chi connectivity index (χ1) is 9.70. The zero-order chi connectivity index (χ0) is 14.1. The molecule has 5 heteroatoms. The zero-order valence-electron chi connectivity index (χ0n) is 10.8. The molecule has 2 aromatic heterocycles. The molecule has 3 aromatic rings. The number of H-pyrrole nitrogens is 1. The Bertz CT molecular complexity index is 820. The quantitative estimate of drug-likeness (QED) is 0.450. The van der Waals surface area contributed by atoms with Gasteiger partial charge in [0.05, 0.1) is 6.61 Å². The van der Waals surface area contributed by atoms with Crippen LogP contribution in [0.25, 0.3) is 21.9 Å². The lowest BCUT2D eigenvalue weighted by Crippen LogP contribution is -2.17. The molecule has 0 amide bonds. The number of ketones is 1. The van der Waals surface area contributed by atoms with Crippen molar-refractivity contribution >= 4 is 33.7 Å². The third kappa shape index (κ3) is 1.93. The Labute approximate surface area is 114 Å². The van der Waals surface area contributed by atoms with Gasteiger partial charge in [0.15, 0.2) is 0 Å².